The van der Waals surface area contributed by atoms with Gasteiger partial charge in [-0.25, -0.2) is 0 Å². The average Bonchev–Trinajstić information content (AvgIpc) is 2.62. The number of hydrogen-bond acceptors (Lipinski definition) is 1. The van der Waals surface area contributed by atoms with E-state index in [1.165, 1.54) is 44.1 Å². The topological polar surface area (TPSA) is 72.2 Å². The summed E-state index contributed by atoms with van der Waals surface area (Å²) in [7, 11) is 1.87. The SMILES string of the molecule is O.O.[B](OCc1cccc(C23CC4CC(CC(C4)C2)C3)c1)c1ccccc1. The molecule has 4 fully saturated rings. The molecule has 4 bridgehead atoms. The van der Waals surface area contributed by atoms with Gasteiger partial charge in [-0.2, -0.15) is 0 Å². The van der Waals surface area contributed by atoms with Crippen molar-refractivity contribution in [3.05, 3.63) is 65.7 Å². The maximum atomic E-state index is 5.85. The molecule has 4 N–H and O–H groups in total. The molecule has 0 unspecified atom stereocenters. The Morgan fingerprint density at radius 1 is 0.815 bits per heavy atom. The second kappa shape index (κ2) is 8.18. The van der Waals surface area contributed by atoms with Crippen molar-refractivity contribution >= 4 is 12.9 Å². The van der Waals surface area contributed by atoms with Crippen LogP contribution in [0.25, 0.3) is 0 Å². The van der Waals surface area contributed by atoms with Gasteiger partial charge in [0.2, 0.25) is 0 Å². The average molecular weight is 365 g/mol. The molecule has 6 rings (SSSR count). The van der Waals surface area contributed by atoms with Crippen LogP contribution in [0.4, 0.5) is 0 Å². The van der Waals surface area contributed by atoms with E-state index in [1.807, 2.05) is 25.7 Å². The summed E-state index contributed by atoms with van der Waals surface area (Å²) in [6.07, 6.45) is 8.81. The molecule has 143 valence electrons. The van der Waals surface area contributed by atoms with Gasteiger partial charge >= 0.3 is 7.48 Å². The predicted octanol–water partition coefficient (Wildman–Crippen LogP) is 2.97. The fourth-order valence-electron chi connectivity index (χ4n) is 6.22. The summed E-state index contributed by atoms with van der Waals surface area (Å²) in [6.45, 7) is 0.662. The minimum atomic E-state index is 0. The molecule has 27 heavy (non-hydrogen) atoms. The van der Waals surface area contributed by atoms with Crippen molar-refractivity contribution in [3.8, 4) is 0 Å². The number of benzene rings is 2. The van der Waals surface area contributed by atoms with Crippen molar-refractivity contribution in [3.63, 3.8) is 0 Å². The molecule has 4 aliphatic carbocycles. The molecule has 3 nitrogen and oxygen atoms in total. The Labute approximate surface area is 163 Å². The minimum Gasteiger partial charge on any atom is -0.430 e. The number of hydrogen-bond donors (Lipinski definition) is 0. The van der Waals surface area contributed by atoms with Crippen molar-refractivity contribution in [2.24, 2.45) is 17.8 Å². The molecule has 2 aromatic rings. The second-order valence-corrected chi connectivity index (χ2v) is 8.74. The molecule has 4 heteroatoms. The maximum absolute atomic E-state index is 5.85. The molecular formula is C23H30BO3. The lowest BCUT2D eigenvalue weighted by atomic mass is 9.48. The highest BCUT2D eigenvalue weighted by Gasteiger charge is 2.51. The van der Waals surface area contributed by atoms with Gasteiger partial charge in [-0.1, -0.05) is 60.1 Å². The van der Waals surface area contributed by atoms with E-state index in [9.17, 15) is 0 Å². The van der Waals surface area contributed by atoms with E-state index in [-0.39, 0.29) is 11.0 Å². The molecule has 0 aromatic heterocycles. The van der Waals surface area contributed by atoms with Crippen LogP contribution in [0.2, 0.25) is 0 Å². The lowest BCUT2D eigenvalue weighted by molar-refractivity contribution is -0.00524. The van der Waals surface area contributed by atoms with Crippen LogP contribution in [-0.4, -0.2) is 18.4 Å². The van der Waals surface area contributed by atoms with Crippen LogP contribution in [0.3, 0.4) is 0 Å². The molecule has 0 spiro atoms. The van der Waals surface area contributed by atoms with E-state index in [0.29, 0.717) is 12.0 Å². The molecule has 1 radical (unpaired) electrons. The van der Waals surface area contributed by atoms with Gasteiger partial charge < -0.3 is 15.6 Å². The predicted molar refractivity (Wildman–Crippen MR) is 110 cm³/mol. The Morgan fingerprint density at radius 2 is 1.44 bits per heavy atom. The molecule has 0 saturated heterocycles. The Balaban J connectivity index is 0.00000105. The Bertz CT molecular complexity index is 711. The molecule has 4 aliphatic rings. The molecule has 4 saturated carbocycles. The monoisotopic (exact) mass is 365 g/mol. The molecule has 0 amide bonds. The minimum absolute atomic E-state index is 0. The first kappa shape index (κ1) is 20.1. The molecule has 2 aromatic carbocycles. The zero-order chi connectivity index (χ0) is 16.7. The summed E-state index contributed by atoms with van der Waals surface area (Å²) >= 11 is 0. The molecule has 0 heterocycles. The van der Waals surface area contributed by atoms with Gasteiger partial charge in [0, 0.05) is 0 Å². The van der Waals surface area contributed by atoms with Gasteiger partial charge in [-0.05, 0) is 72.8 Å². The van der Waals surface area contributed by atoms with Crippen molar-refractivity contribution in [2.75, 3.05) is 0 Å². The van der Waals surface area contributed by atoms with Crippen molar-refractivity contribution in [2.45, 2.75) is 50.5 Å². The number of rotatable bonds is 5. The highest BCUT2D eigenvalue weighted by atomic mass is 16.4. The summed E-state index contributed by atoms with van der Waals surface area (Å²) in [5.41, 5.74) is 4.50. The highest BCUT2D eigenvalue weighted by molar-refractivity contribution is 6.46. The third-order valence-corrected chi connectivity index (χ3v) is 6.85. The lowest BCUT2D eigenvalue weighted by Crippen LogP contribution is -2.48. The maximum Gasteiger partial charge on any atom is 0.330 e. The summed E-state index contributed by atoms with van der Waals surface area (Å²) in [5, 5.41) is 0. The molecule has 0 atom stereocenters. The zero-order valence-corrected chi connectivity index (χ0v) is 15.9. The molecular weight excluding hydrogens is 335 g/mol. The Kier molecular flexibility index (Phi) is 6.10. The van der Waals surface area contributed by atoms with Gasteiger partial charge in [-0.3, -0.25) is 0 Å². The van der Waals surface area contributed by atoms with Gasteiger partial charge in [-0.15, -0.1) is 0 Å². The van der Waals surface area contributed by atoms with E-state index >= 15 is 0 Å². The zero-order valence-electron chi connectivity index (χ0n) is 15.9. The Morgan fingerprint density at radius 3 is 2.07 bits per heavy atom. The van der Waals surface area contributed by atoms with Gasteiger partial charge in [0.25, 0.3) is 0 Å². The highest BCUT2D eigenvalue weighted by Crippen LogP contribution is 2.60. The Hall–Kier alpha value is -1.62. The van der Waals surface area contributed by atoms with E-state index in [2.05, 4.69) is 36.4 Å². The quantitative estimate of drug-likeness (QED) is 0.751. The summed E-state index contributed by atoms with van der Waals surface area (Å²) in [6, 6.07) is 19.6. The van der Waals surface area contributed by atoms with Gasteiger partial charge in [0.05, 0.1) is 6.61 Å². The summed E-state index contributed by atoms with van der Waals surface area (Å²) in [4.78, 5) is 0. The summed E-state index contributed by atoms with van der Waals surface area (Å²) < 4.78 is 5.85. The van der Waals surface area contributed by atoms with Crippen molar-refractivity contribution in [1.29, 1.82) is 0 Å². The second-order valence-electron chi connectivity index (χ2n) is 8.74. The van der Waals surface area contributed by atoms with Crippen LogP contribution >= 0.6 is 0 Å². The van der Waals surface area contributed by atoms with Gasteiger partial charge in [0.15, 0.2) is 0 Å². The van der Waals surface area contributed by atoms with E-state index < -0.39 is 0 Å². The van der Waals surface area contributed by atoms with Crippen LogP contribution < -0.4 is 5.46 Å². The normalized spacial score (nSPS) is 30.3. The first-order valence-corrected chi connectivity index (χ1v) is 9.88. The van der Waals surface area contributed by atoms with Crippen molar-refractivity contribution < 1.29 is 15.6 Å². The van der Waals surface area contributed by atoms with E-state index in [0.717, 1.165) is 23.2 Å². The fourth-order valence-corrected chi connectivity index (χ4v) is 6.22. The lowest BCUT2D eigenvalue weighted by Gasteiger charge is -2.57. The van der Waals surface area contributed by atoms with E-state index in [4.69, 9.17) is 4.65 Å². The first-order valence-electron chi connectivity index (χ1n) is 9.88. The molecule has 0 aliphatic heterocycles. The third-order valence-electron chi connectivity index (χ3n) is 6.85. The van der Waals surface area contributed by atoms with Crippen LogP contribution in [0.1, 0.15) is 49.7 Å². The smallest absolute Gasteiger partial charge is 0.330 e. The van der Waals surface area contributed by atoms with Crippen LogP contribution in [-0.2, 0) is 16.7 Å². The van der Waals surface area contributed by atoms with Gasteiger partial charge in [0.1, 0.15) is 0 Å². The first-order chi connectivity index (χ1) is 12.3. The van der Waals surface area contributed by atoms with E-state index in [1.54, 1.807) is 5.56 Å². The van der Waals surface area contributed by atoms with Crippen LogP contribution in [0.15, 0.2) is 54.6 Å². The van der Waals surface area contributed by atoms with Crippen molar-refractivity contribution in [1.82, 2.24) is 0 Å². The van der Waals surface area contributed by atoms with Crippen LogP contribution in [0.5, 0.6) is 0 Å². The van der Waals surface area contributed by atoms with Crippen LogP contribution in [0, 0.1) is 17.8 Å². The standard InChI is InChI=1S/C23H26BO.2H2O/c1-2-7-22(8-3-1)24-25-16-17-5-4-6-21(12-17)23-13-18-9-19(14-23)11-20(10-18)15-23;;/h1-8,12,18-20H,9-11,13-16H2;2*1H2. The third kappa shape index (κ3) is 3.98. The fraction of sp³-hybridized carbons (Fsp3) is 0.478. The largest absolute Gasteiger partial charge is 0.430 e. The summed E-state index contributed by atoms with van der Waals surface area (Å²) in [5.74, 6) is 2.99.